The van der Waals surface area contributed by atoms with E-state index in [2.05, 4.69) is 0 Å². The van der Waals surface area contributed by atoms with Gasteiger partial charge in [-0.1, -0.05) is 0 Å². The molecule has 0 fully saturated rings. The fourth-order valence-electron chi connectivity index (χ4n) is 1.80. The first kappa shape index (κ1) is 19.9. The van der Waals surface area contributed by atoms with E-state index in [0.29, 0.717) is 0 Å². The third kappa shape index (κ3) is 6.93. The van der Waals surface area contributed by atoms with Gasteiger partial charge < -0.3 is 24.4 Å². The second kappa shape index (κ2) is 9.19. The molecule has 1 aliphatic rings. The molecular formula is C16H22O8. The molecule has 0 spiro atoms. The maximum atomic E-state index is 11.7. The zero-order valence-electron chi connectivity index (χ0n) is 13.7. The van der Waals surface area contributed by atoms with Gasteiger partial charge in [0.05, 0.1) is 6.42 Å². The Morgan fingerprint density at radius 3 is 1.83 bits per heavy atom. The highest BCUT2D eigenvalue weighted by Crippen LogP contribution is 2.08. The standard InChI is InChI=1S/C16H22O8/c1-9-8-16(21)24-11(3)13(18)5-7-15(20)23-10(2)12(17)4-6-14(19)22-9/h4-7,9-13,17-18H,8H2,1-3H3/b6-4-,7-5-/t9-,10+,11-,12+,13-/m1/s1. The van der Waals surface area contributed by atoms with E-state index in [9.17, 15) is 24.6 Å². The van der Waals surface area contributed by atoms with E-state index in [1.807, 2.05) is 0 Å². The molecule has 0 bridgehead atoms. The molecule has 0 unspecified atom stereocenters. The van der Waals surface area contributed by atoms with Crippen molar-refractivity contribution in [1.29, 1.82) is 0 Å². The van der Waals surface area contributed by atoms with Gasteiger partial charge >= 0.3 is 17.9 Å². The number of aliphatic hydroxyl groups excluding tert-OH is 2. The van der Waals surface area contributed by atoms with Crippen molar-refractivity contribution in [3.05, 3.63) is 24.3 Å². The smallest absolute Gasteiger partial charge is 0.330 e. The van der Waals surface area contributed by atoms with Crippen LogP contribution in [-0.2, 0) is 28.6 Å². The van der Waals surface area contributed by atoms with E-state index in [1.54, 1.807) is 0 Å². The monoisotopic (exact) mass is 342 g/mol. The van der Waals surface area contributed by atoms with Gasteiger partial charge in [-0.25, -0.2) is 9.59 Å². The summed E-state index contributed by atoms with van der Waals surface area (Å²) < 4.78 is 14.9. The molecule has 0 radical (unpaired) electrons. The molecule has 5 atom stereocenters. The molecule has 1 rings (SSSR count). The number of carbonyl (C=O) groups is 3. The van der Waals surface area contributed by atoms with Crippen molar-refractivity contribution in [1.82, 2.24) is 0 Å². The van der Waals surface area contributed by atoms with E-state index in [-0.39, 0.29) is 6.42 Å². The maximum Gasteiger partial charge on any atom is 0.330 e. The van der Waals surface area contributed by atoms with E-state index in [1.165, 1.54) is 20.8 Å². The van der Waals surface area contributed by atoms with Crippen LogP contribution < -0.4 is 0 Å². The molecule has 0 saturated heterocycles. The number of cyclic esters (lactones) is 3. The molecule has 0 saturated carbocycles. The topological polar surface area (TPSA) is 119 Å². The molecule has 24 heavy (non-hydrogen) atoms. The van der Waals surface area contributed by atoms with Gasteiger partial charge in [0.2, 0.25) is 0 Å². The molecule has 0 amide bonds. The maximum absolute atomic E-state index is 11.7. The van der Waals surface area contributed by atoms with Gasteiger partial charge in [0.15, 0.2) is 0 Å². The van der Waals surface area contributed by atoms with Gasteiger partial charge in [-0.3, -0.25) is 4.79 Å². The van der Waals surface area contributed by atoms with Crippen LogP contribution in [0, 0.1) is 0 Å². The van der Waals surface area contributed by atoms with Gasteiger partial charge in [0, 0.05) is 12.2 Å². The van der Waals surface area contributed by atoms with Crippen LogP contribution in [0.2, 0.25) is 0 Å². The number of ether oxygens (including phenoxy) is 3. The molecule has 8 heteroatoms. The fraction of sp³-hybridized carbons (Fsp3) is 0.562. The highest BCUT2D eigenvalue weighted by molar-refractivity contribution is 5.83. The summed E-state index contributed by atoms with van der Waals surface area (Å²) in [6, 6.07) is 0. The van der Waals surface area contributed by atoms with Crippen molar-refractivity contribution >= 4 is 17.9 Å². The van der Waals surface area contributed by atoms with E-state index in [4.69, 9.17) is 14.2 Å². The molecule has 1 heterocycles. The number of hydrogen-bond donors (Lipinski definition) is 2. The third-order valence-corrected chi connectivity index (χ3v) is 3.21. The Labute approximate surface area is 139 Å². The van der Waals surface area contributed by atoms with E-state index in [0.717, 1.165) is 24.3 Å². The first-order valence-electron chi connectivity index (χ1n) is 7.52. The van der Waals surface area contributed by atoms with Crippen LogP contribution in [0.4, 0.5) is 0 Å². The highest BCUT2D eigenvalue weighted by atomic mass is 16.6. The Hall–Kier alpha value is -2.19. The van der Waals surface area contributed by atoms with Crippen molar-refractivity contribution in [2.24, 2.45) is 0 Å². The summed E-state index contributed by atoms with van der Waals surface area (Å²) in [5.41, 5.74) is 0. The lowest BCUT2D eigenvalue weighted by Crippen LogP contribution is -2.30. The summed E-state index contributed by atoms with van der Waals surface area (Å²) in [7, 11) is 0. The quantitative estimate of drug-likeness (QED) is 0.467. The molecule has 0 aliphatic carbocycles. The Morgan fingerprint density at radius 2 is 1.29 bits per heavy atom. The molecule has 0 aromatic rings. The second-order valence-corrected chi connectivity index (χ2v) is 5.49. The summed E-state index contributed by atoms with van der Waals surface area (Å²) >= 11 is 0. The predicted molar refractivity (Wildman–Crippen MR) is 81.6 cm³/mol. The zero-order chi connectivity index (χ0) is 18.3. The number of rotatable bonds is 0. The van der Waals surface area contributed by atoms with E-state index >= 15 is 0 Å². The predicted octanol–water partition coefficient (Wildman–Crippen LogP) is 0.0194. The molecule has 0 aromatic heterocycles. The van der Waals surface area contributed by atoms with Crippen molar-refractivity contribution in [3.8, 4) is 0 Å². The third-order valence-electron chi connectivity index (χ3n) is 3.21. The van der Waals surface area contributed by atoms with Crippen molar-refractivity contribution in [3.63, 3.8) is 0 Å². The van der Waals surface area contributed by atoms with Crippen LogP contribution in [0.1, 0.15) is 27.2 Å². The SMILES string of the molecule is C[C@@H]1CC(=O)O[C@H](C)[C@H](O)/C=C\C(=O)O[C@@H](C)[C@@H](O)/C=C\C(=O)O1. The minimum absolute atomic E-state index is 0.193. The minimum Gasteiger partial charge on any atom is -0.459 e. The lowest BCUT2D eigenvalue weighted by molar-refractivity contribution is -0.157. The minimum atomic E-state index is -1.22. The van der Waals surface area contributed by atoms with Crippen molar-refractivity contribution < 1.29 is 38.8 Å². The van der Waals surface area contributed by atoms with Crippen LogP contribution in [0.5, 0.6) is 0 Å². The lowest BCUT2D eigenvalue weighted by atomic mass is 10.2. The van der Waals surface area contributed by atoms with Gasteiger partial charge in [-0.2, -0.15) is 0 Å². The average Bonchev–Trinajstić information content (AvgIpc) is 2.48. The van der Waals surface area contributed by atoms with Crippen LogP contribution in [0.3, 0.4) is 0 Å². The van der Waals surface area contributed by atoms with Crippen LogP contribution in [0.15, 0.2) is 24.3 Å². The van der Waals surface area contributed by atoms with E-state index < -0.39 is 48.4 Å². The van der Waals surface area contributed by atoms with Gasteiger partial charge in [-0.15, -0.1) is 0 Å². The summed E-state index contributed by atoms with van der Waals surface area (Å²) in [5, 5.41) is 19.6. The summed E-state index contributed by atoms with van der Waals surface area (Å²) in [6.07, 6.45) is -0.961. The van der Waals surface area contributed by atoms with Crippen LogP contribution in [0.25, 0.3) is 0 Å². The highest BCUT2D eigenvalue weighted by Gasteiger charge is 2.21. The summed E-state index contributed by atoms with van der Waals surface area (Å²) in [4.78, 5) is 34.9. The van der Waals surface area contributed by atoms with Crippen molar-refractivity contribution in [2.75, 3.05) is 0 Å². The zero-order valence-corrected chi connectivity index (χ0v) is 13.7. The average molecular weight is 342 g/mol. The Bertz CT molecular complexity index is 524. The Morgan fingerprint density at radius 1 is 0.833 bits per heavy atom. The molecule has 134 valence electrons. The first-order valence-corrected chi connectivity index (χ1v) is 7.52. The van der Waals surface area contributed by atoms with Gasteiger partial charge in [-0.05, 0) is 32.9 Å². The summed E-state index contributed by atoms with van der Waals surface area (Å²) in [6.45, 7) is 4.41. The molecular weight excluding hydrogens is 320 g/mol. The second-order valence-electron chi connectivity index (χ2n) is 5.49. The number of hydrogen-bond acceptors (Lipinski definition) is 8. The lowest BCUT2D eigenvalue weighted by Gasteiger charge is -2.19. The first-order chi connectivity index (χ1) is 11.2. The largest absolute Gasteiger partial charge is 0.459 e. The molecule has 0 aromatic carbocycles. The number of aliphatic hydroxyl groups is 2. The van der Waals surface area contributed by atoms with Gasteiger partial charge in [0.1, 0.15) is 30.5 Å². The Kier molecular flexibility index (Phi) is 7.60. The molecule has 2 N–H and O–H groups in total. The van der Waals surface area contributed by atoms with Crippen LogP contribution >= 0.6 is 0 Å². The van der Waals surface area contributed by atoms with Crippen molar-refractivity contribution in [2.45, 2.75) is 57.7 Å². The molecule has 1 aliphatic heterocycles. The van der Waals surface area contributed by atoms with Gasteiger partial charge in [0.25, 0.3) is 0 Å². The molecule has 8 nitrogen and oxygen atoms in total. The Balaban J connectivity index is 2.91. The van der Waals surface area contributed by atoms with Crippen LogP contribution in [-0.4, -0.2) is 58.6 Å². The fourth-order valence-corrected chi connectivity index (χ4v) is 1.80. The normalized spacial score (nSPS) is 36.2. The number of esters is 3. The summed E-state index contributed by atoms with van der Waals surface area (Å²) in [5.74, 6) is -2.22. The number of carbonyl (C=O) groups excluding carboxylic acids is 3.